The molecule has 22 heavy (non-hydrogen) atoms. The van der Waals surface area contributed by atoms with E-state index >= 15 is 0 Å². The van der Waals surface area contributed by atoms with Gasteiger partial charge in [-0.15, -0.1) is 0 Å². The number of rotatable bonds is 3. The highest BCUT2D eigenvalue weighted by atomic mass is 32.2. The van der Waals surface area contributed by atoms with E-state index in [0.717, 1.165) is 0 Å². The third-order valence-corrected chi connectivity index (χ3v) is 4.74. The second kappa shape index (κ2) is 7.05. The molecule has 1 aromatic rings. The Hall–Kier alpha value is -1.69. The summed E-state index contributed by atoms with van der Waals surface area (Å²) in [6.07, 6.45) is 1.61. The predicted molar refractivity (Wildman–Crippen MR) is 86.1 cm³/mol. The molecule has 5 nitrogen and oxygen atoms in total. The minimum absolute atomic E-state index is 0.00953. The number of carbonyl (C=O) groups excluding carboxylic acids is 2. The normalized spacial score (nSPS) is 16.7. The highest BCUT2D eigenvalue weighted by molar-refractivity contribution is 7.84. The highest BCUT2D eigenvalue weighted by Gasteiger charge is 2.25. The van der Waals surface area contributed by atoms with E-state index in [1.54, 1.807) is 35.4 Å². The van der Waals surface area contributed by atoms with Gasteiger partial charge in [0.2, 0.25) is 5.91 Å². The van der Waals surface area contributed by atoms with Crippen LogP contribution >= 0.6 is 0 Å². The van der Waals surface area contributed by atoms with Crippen LogP contribution in [-0.2, 0) is 15.6 Å². The molecule has 2 rings (SSSR count). The molecule has 1 aromatic carbocycles. The molecule has 0 spiro atoms. The van der Waals surface area contributed by atoms with Crippen molar-refractivity contribution in [3.05, 3.63) is 29.8 Å². The van der Waals surface area contributed by atoms with Crippen molar-refractivity contribution < 1.29 is 13.8 Å². The molecule has 0 aromatic heterocycles. The van der Waals surface area contributed by atoms with E-state index in [0.29, 0.717) is 36.6 Å². The molecule has 1 heterocycles. The van der Waals surface area contributed by atoms with Gasteiger partial charge in [0.05, 0.1) is 0 Å². The molecule has 1 aliphatic heterocycles. The quantitative estimate of drug-likeness (QED) is 0.844. The van der Waals surface area contributed by atoms with Gasteiger partial charge in [0.1, 0.15) is 0 Å². The molecule has 0 bridgehead atoms. The van der Waals surface area contributed by atoms with Crippen LogP contribution in [0.5, 0.6) is 0 Å². The Morgan fingerprint density at radius 2 is 1.50 bits per heavy atom. The standard InChI is InChI=1S/C16H22N2O3S/c1-12(2)15(19)17-8-10-18(11-9-17)16(20)13-4-6-14(7-5-13)22(3)21/h4-7,12H,8-11H2,1-3H3. The number of carbonyl (C=O) groups is 2. The number of nitrogens with zero attached hydrogens (tertiary/aromatic N) is 2. The average molecular weight is 322 g/mol. The van der Waals surface area contributed by atoms with Crippen LogP contribution in [0.1, 0.15) is 24.2 Å². The lowest BCUT2D eigenvalue weighted by Gasteiger charge is -2.35. The van der Waals surface area contributed by atoms with E-state index in [1.165, 1.54) is 0 Å². The van der Waals surface area contributed by atoms with Gasteiger partial charge < -0.3 is 9.80 Å². The largest absolute Gasteiger partial charge is 0.339 e. The lowest BCUT2D eigenvalue weighted by molar-refractivity contribution is -0.135. The fourth-order valence-corrected chi connectivity index (χ4v) is 2.99. The molecule has 2 amide bonds. The van der Waals surface area contributed by atoms with Crippen LogP contribution in [0.2, 0.25) is 0 Å². The number of piperazine rings is 1. The van der Waals surface area contributed by atoms with Crippen LogP contribution < -0.4 is 0 Å². The molecule has 1 atom stereocenters. The van der Waals surface area contributed by atoms with Gasteiger partial charge in [-0.1, -0.05) is 13.8 Å². The summed E-state index contributed by atoms with van der Waals surface area (Å²) in [6.45, 7) is 6.05. The van der Waals surface area contributed by atoms with Gasteiger partial charge in [0.25, 0.3) is 5.91 Å². The van der Waals surface area contributed by atoms with E-state index in [9.17, 15) is 13.8 Å². The Balaban J connectivity index is 1.97. The Morgan fingerprint density at radius 1 is 1.00 bits per heavy atom. The first-order valence-corrected chi connectivity index (χ1v) is 8.97. The maximum absolute atomic E-state index is 12.4. The third-order valence-electron chi connectivity index (χ3n) is 3.81. The van der Waals surface area contributed by atoms with Gasteiger partial charge >= 0.3 is 0 Å². The van der Waals surface area contributed by atoms with Gasteiger partial charge in [0.15, 0.2) is 0 Å². The summed E-state index contributed by atoms with van der Waals surface area (Å²) in [7, 11) is -1.04. The summed E-state index contributed by atoms with van der Waals surface area (Å²) < 4.78 is 11.4. The summed E-state index contributed by atoms with van der Waals surface area (Å²) in [4.78, 5) is 28.7. The molecule has 1 unspecified atom stereocenters. The van der Waals surface area contributed by atoms with Crippen LogP contribution in [0.25, 0.3) is 0 Å². The SMILES string of the molecule is CC(C)C(=O)N1CCN(C(=O)c2ccc(S(C)=O)cc2)CC1. The Bertz CT molecular complexity index is 576. The van der Waals surface area contributed by atoms with Crippen LogP contribution in [0.15, 0.2) is 29.2 Å². The van der Waals surface area contributed by atoms with Crippen molar-refractivity contribution in [2.45, 2.75) is 18.7 Å². The lowest BCUT2D eigenvalue weighted by Crippen LogP contribution is -2.51. The Labute approximate surface area is 133 Å². The molecular formula is C16H22N2O3S. The first-order valence-electron chi connectivity index (χ1n) is 7.41. The van der Waals surface area contributed by atoms with Gasteiger partial charge in [0, 0.05) is 59.6 Å². The maximum atomic E-state index is 12.4. The van der Waals surface area contributed by atoms with E-state index < -0.39 is 10.8 Å². The first kappa shape index (κ1) is 16.7. The van der Waals surface area contributed by atoms with Gasteiger partial charge in [-0.2, -0.15) is 0 Å². The molecule has 1 saturated heterocycles. The number of amides is 2. The summed E-state index contributed by atoms with van der Waals surface area (Å²) >= 11 is 0. The molecule has 0 radical (unpaired) electrons. The first-order chi connectivity index (χ1) is 10.4. The van der Waals surface area contributed by atoms with E-state index in [1.807, 2.05) is 18.7 Å². The van der Waals surface area contributed by atoms with E-state index in [2.05, 4.69) is 0 Å². The molecule has 1 aliphatic rings. The fraction of sp³-hybridized carbons (Fsp3) is 0.500. The number of hydrogen-bond donors (Lipinski definition) is 0. The van der Waals surface area contributed by atoms with Crippen molar-refractivity contribution in [3.63, 3.8) is 0 Å². The minimum Gasteiger partial charge on any atom is -0.339 e. The molecule has 120 valence electrons. The van der Waals surface area contributed by atoms with Crippen molar-refractivity contribution in [1.82, 2.24) is 9.80 Å². The third kappa shape index (κ3) is 3.74. The smallest absolute Gasteiger partial charge is 0.253 e. The minimum atomic E-state index is -1.04. The summed E-state index contributed by atoms with van der Waals surface area (Å²) in [6, 6.07) is 6.87. The second-order valence-corrected chi connectivity index (χ2v) is 7.13. The Kier molecular flexibility index (Phi) is 5.34. The van der Waals surface area contributed by atoms with Crippen LogP contribution in [0.3, 0.4) is 0 Å². The monoisotopic (exact) mass is 322 g/mol. The summed E-state index contributed by atoms with van der Waals surface area (Å²) in [5.74, 6) is 0.0941. The average Bonchev–Trinajstić information content (AvgIpc) is 2.53. The van der Waals surface area contributed by atoms with Crippen molar-refractivity contribution in [2.24, 2.45) is 5.92 Å². The zero-order valence-corrected chi connectivity index (χ0v) is 14.1. The molecule has 0 N–H and O–H groups in total. The van der Waals surface area contributed by atoms with Gasteiger partial charge in [-0.05, 0) is 24.3 Å². The van der Waals surface area contributed by atoms with E-state index in [4.69, 9.17) is 0 Å². The highest BCUT2D eigenvalue weighted by Crippen LogP contribution is 2.13. The lowest BCUT2D eigenvalue weighted by atomic mass is 10.1. The predicted octanol–water partition coefficient (Wildman–Crippen LogP) is 1.36. The van der Waals surface area contributed by atoms with Crippen LogP contribution in [-0.4, -0.2) is 58.3 Å². The van der Waals surface area contributed by atoms with Gasteiger partial charge in [-0.25, -0.2) is 0 Å². The molecule has 6 heteroatoms. The molecular weight excluding hydrogens is 300 g/mol. The molecule has 0 saturated carbocycles. The topological polar surface area (TPSA) is 57.7 Å². The zero-order chi connectivity index (χ0) is 16.3. The van der Waals surface area contributed by atoms with Crippen molar-refractivity contribution in [3.8, 4) is 0 Å². The van der Waals surface area contributed by atoms with Gasteiger partial charge in [-0.3, -0.25) is 13.8 Å². The molecule has 1 fully saturated rings. The van der Waals surface area contributed by atoms with E-state index in [-0.39, 0.29) is 17.7 Å². The molecule has 0 aliphatic carbocycles. The number of hydrogen-bond acceptors (Lipinski definition) is 3. The van der Waals surface area contributed by atoms with Crippen molar-refractivity contribution in [2.75, 3.05) is 32.4 Å². The number of benzene rings is 1. The van der Waals surface area contributed by atoms with Crippen molar-refractivity contribution in [1.29, 1.82) is 0 Å². The zero-order valence-electron chi connectivity index (χ0n) is 13.2. The van der Waals surface area contributed by atoms with Crippen LogP contribution in [0.4, 0.5) is 0 Å². The van der Waals surface area contributed by atoms with Crippen LogP contribution in [0, 0.1) is 5.92 Å². The van der Waals surface area contributed by atoms with Crippen molar-refractivity contribution >= 4 is 22.6 Å². The fourth-order valence-electron chi connectivity index (χ4n) is 2.47. The summed E-state index contributed by atoms with van der Waals surface area (Å²) in [5, 5.41) is 0. The maximum Gasteiger partial charge on any atom is 0.253 e. The summed E-state index contributed by atoms with van der Waals surface area (Å²) in [5.41, 5.74) is 0.595. The second-order valence-electron chi connectivity index (χ2n) is 5.75. The Morgan fingerprint density at radius 3 is 1.95 bits per heavy atom.